The fourth-order valence-electron chi connectivity index (χ4n) is 5.53. The predicted molar refractivity (Wildman–Crippen MR) is 148 cm³/mol. The standard InChI is InChI=1S/C31H35FN4O3/c1-39-28-9-5-8-24(18-28)21-35(20-23-6-3-2-4-7-23)27-19-29(31(38)34-16-14-33-15-17-34)36(22-27)30(37)25-10-12-26(32)13-11-25/h2-13,18,27,29,33H,14-17,19-22H2,1H3. The molecule has 0 radical (unpaired) electrons. The highest BCUT2D eigenvalue weighted by atomic mass is 19.1. The zero-order valence-electron chi connectivity index (χ0n) is 22.3. The number of benzene rings is 3. The number of hydrogen-bond acceptors (Lipinski definition) is 5. The van der Waals surface area contributed by atoms with Crippen LogP contribution in [0.15, 0.2) is 78.9 Å². The van der Waals surface area contributed by atoms with Crippen LogP contribution >= 0.6 is 0 Å². The van der Waals surface area contributed by atoms with Gasteiger partial charge in [0.25, 0.3) is 5.91 Å². The fraction of sp³-hybridized carbons (Fsp3) is 0.355. The van der Waals surface area contributed by atoms with Gasteiger partial charge in [0.05, 0.1) is 7.11 Å². The number of carbonyl (C=O) groups is 2. The van der Waals surface area contributed by atoms with Crippen molar-refractivity contribution in [3.05, 3.63) is 101 Å². The lowest BCUT2D eigenvalue weighted by Gasteiger charge is -2.32. The number of rotatable bonds is 8. The molecule has 204 valence electrons. The molecule has 39 heavy (non-hydrogen) atoms. The summed E-state index contributed by atoms with van der Waals surface area (Å²) in [6.45, 7) is 4.45. The summed E-state index contributed by atoms with van der Waals surface area (Å²) in [5, 5.41) is 3.29. The minimum atomic E-state index is -0.575. The van der Waals surface area contributed by atoms with E-state index < -0.39 is 11.9 Å². The van der Waals surface area contributed by atoms with Gasteiger partial charge in [-0.15, -0.1) is 0 Å². The van der Waals surface area contributed by atoms with Crippen LogP contribution in [-0.2, 0) is 17.9 Å². The monoisotopic (exact) mass is 530 g/mol. The molecule has 0 aromatic heterocycles. The second-order valence-electron chi connectivity index (χ2n) is 10.2. The molecule has 0 saturated carbocycles. The zero-order chi connectivity index (χ0) is 27.2. The number of ether oxygens (including phenoxy) is 1. The normalized spacial score (nSPS) is 19.4. The SMILES string of the molecule is COc1cccc(CN(Cc2ccccc2)C2CC(C(=O)N3CCNCC3)N(C(=O)c3ccc(F)cc3)C2)c1. The maximum absolute atomic E-state index is 13.8. The summed E-state index contributed by atoms with van der Waals surface area (Å²) < 4.78 is 19.1. The first kappa shape index (κ1) is 26.8. The van der Waals surface area contributed by atoms with Crippen LogP contribution in [0.4, 0.5) is 4.39 Å². The number of likely N-dealkylation sites (tertiary alicyclic amines) is 1. The Labute approximate surface area is 229 Å². The first-order valence-electron chi connectivity index (χ1n) is 13.5. The van der Waals surface area contributed by atoms with Gasteiger partial charge in [0.15, 0.2) is 0 Å². The quantitative estimate of drug-likeness (QED) is 0.483. The molecule has 1 N–H and O–H groups in total. The van der Waals surface area contributed by atoms with Gasteiger partial charge in [-0.05, 0) is 53.9 Å². The second kappa shape index (κ2) is 12.4. The third kappa shape index (κ3) is 6.46. The average Bonchev–Trinajstić information content (AvgIpc) is 3.43. The third-order valence-electron chi connectivity index (χ3n) is 7.61. The van der Waals surface area contributed by atoms with Crippen molar-refractivity contribution in [2.45, 2.75) is 31.6 Å². The van der Waals surface area contributed by atoms with Gasteiger partial charge in [0.2, 0.25) is 5.91 Å². The molecule has 2 fully saturated rings. The Morgan fingerprint density at radius 3 is 2.36 bits per heavy atom. The van der Waals surface area contributed by atoms with Crippen molar-refractivity contribution in [3.8, 4) is 5.75 Å². The highest BCUT2D eigenvalue weighted by Gasteiger charge is 2.43. The Kier molecular flexibility index (Phi) is 8.54. The Bertz CT molecular complexity index is 1260. The number of carbonyl (C=O) groups excluding carboxylic acids is 2. The highest BCUT2D eigenvalue weighted by Crippen LogP contribution is 2.29. The first-order chi connectivity index (χ1) is 19.0. The van der Waals surface area contributed by atoms with Gasteiger partial charge in [0.1, 0.15) is 17.6 Å². The number of methoxy groups -OCH3 is 1. The number of amides is 2. The molecule has 0 aliphatic carbocycles. The molecule has 2 heterocycles. The smallest absolute Gasteiger partial charge is 0.254 e. The highest BCUT2D eigenvalue weighted by molar-refractivity contribution is 5.98. The van der Waals surface area contributed by atoms with Crippen molar-refractivity contribution >= 4 is 11.8 Å². The Balaban J connectivity index is 1.45. The maximum atomic E-state index is 13.8. The maximum Gasteiger partial charge on any atom is 0.254 e. The van der Waals surface area contributed by atoms with Crippen molar-refractivity contribution in [3.63, 3.8) is 0 Å². The van der Waals surface area contributed by atoms with E-state index in [2.05, 4.69) is 28.4 Å². The van der Waals surface area contributed by atoms with Gasteiger partial charge in [-0.1, -0.05) is 42.5 Å². The minimum absolute atomic E-state index is 0.0181. The van der Waals surface area contributed by atoms with Crippen LogP contribution in [0.5, 0.6) is 5.75 Å². The predicted octanol–water partition coefficient (Wildman–Crippen LogP) is 3.55. The van der Waals surface area contributed by atoms with E-state index >= 15 is 0 Å². The number of halogens is 1. The van der Waals surface area contributed by atoms with Crippen molar-refractivity contribution in [1.29, 1.82) is 0 Å². The first-order valence-corrected chi connectivity index (χ1v) is 13.5. The summed E-state index contributed by atoms with van der Waals surface area (Å²) >= 11 is 0. The lowest BCUT2D eigenvalue weighted by atomic mass is 10.1. The van der Waals surface area contributed by atoms with Crippen LogP contribution in [-0.4, -0.2) is 78.4 Å². The van der Waals surface area contributed by atoms with Gasteiger partial charge in [-0.3, -0.25) is 14.5 Å². The molecule has 2 saturated heterocycles. The van der Waals surface area contributed by atoms with Gasteiger partial charge < -0.3 is 19.9 Å². The van der Waals surface area contributed by atoms with Gasteiger partial charge >= 0.3 is 0 Å². The van der Waals surface area contributed by atoms with E-state index in [0.29, 0.717) is 44.7 Å². The molecule has 2 amide bonds. The van der Waals surface area contributed by atoms with E-state index in [4.69, 9.17) is 4.74 Å². The molecular weight excluding hydrogens is 495 g/mol. The third-order valence-corrected chi connectivity index (χ3v) is 7.61. The minimum Gasteiger partial charge on any atom is -0.497 e. The Hall–Kier alpha value is -3.75. The van der Waals surface area contributed by atoms with Crippen molar-refractivity contribution in [2.24, 2.45) is 0 Å². The molecule has 2 aliphatic rings. The molecule has 7 nitrogen and oxygen atoms in total. The fourth-order valence-corrected chi connectivity index (χ4v) is 5.53. The van der Waals surface area contributed by atoms with Crippen LogP contribution in [0.3, 0.4) is 0 Å². The molecule has 3 aromatic rings. The molecule has 8 heteroatoms. The topological polar surface area (TPSA) is 65.1 Å². The summed E-state index contributed by atoms with van der Waals surface area (Å²) in [6, 6.07) is 23.2. The molecule has 2 unspecified atom stereocenters. The van der Waals surface area contributed by atoms with Crippen molar-refractivity contribution < 1.29 is 18.7 Å². The van der Waals surface area contributed by atoms with Crippen molar-refractivity contribution in [2.75, 3.05) is 39.8 Å². The van der Waals surface area contributed by atoms with Crippen LogP contribution in [0.25, 0.3) is 0 Å². The van der Waals surface area contributed by atoms with E-state index in [-0.39, 0.29) is 17.9 Å². The Morgan fingerprint density at radius 1 is 0.949 bits per heavy atom. The number of hydrogen-bond donors (Lipinski definition) is 1. The number of piperazine rings is 1. The number of nitrogens with zero attached hydrogens (tertiary/aromatic N) is 3. The summed E-state index contributed by atoms with van der Waals surface area (Å²) in [6.07, 6.45) is 0.534. The summed E-state index contributed by atoms with van der Waals surface area (Å²) in [5.41, 5.74) is 2.64. The molecule has 3 aromatic carbocycles. The lowest BCUT2D eigenvalue weighted by Crippen LogP contribution is -2.53. The molecule has 5 rings (SSSR count). The molecule has 0 spiro atoms. The van der Waals surface area contributed by atoms with E-state index in [1.165, 1.54) is 24.3 Å². The molecule has 2 aliphatic heterocycles. The van der Waals surface area contributed by atoms with Gasteiger partial charge in [0, 0.05) is 57.4 Å². The zero-order valence-corrected chi connectivity index (χ0v) is 22.3. The molecular formula is C31H35FN4O3. The van der Waals surface area contributed by atoms with Crippen LogP contribution in [0, 0.1) is 5.82 Å². The number of nitrogens with one attached hydrogen (secondary N) is 1. The lowest BCUT2D eigenvalue weighted by molar-refractivity contribution is -0.135. The van der Waals surface area contributed by atoms with E-state index in [1.807, 2.05) is 41.3 Å². The van der Waals surface area contributed by atoms with Crippen LogP contribution in [0.1, 0.15) is 27.9 Å². The molecule has 0 bridgehead atoms. The average molecular weight is 531 g/mol. The van der Waals surface area contributed by atoms with Crippen LogP contribution in [0.2, 0.25) is 0 Å². The summed E-state index contributed by atoms with van der Waals surface area (Å²) in [7, 11) is 1.66. The van der Waals surface area contributed by atoms with E-state index in [0.717, 1.165) is 30.0 Å². The summed E-state index contributed by atoms with van der Waals surface area (Å²) in [4.78, 5) is 33.4. The van der Waals surface area contributed by atoms with E-state index in [1.54, 1.807) is 12.0 Å². The second-order valence-corrected chi connectivity index (χ2v) is 10.2. The van der Waals surface area contributed by atoms with E-state index in [9.17, 15) is 14.0 Å². The van der Waals surface area contributed by atoms with Crippen molar-refractivity contribution in [1.82, 2.24) is 20.0 Å². The summed E-state index contributed by atoms with van der Waals surface area (Å²) in [5.74, 6) is 0.132. The Morgan fingerprint density at radius 2 is 1.64 bits per heavy atom. The van der Waals surface area contributed by atoms with Gasteiger partial charge in [-0.25, -0.2) is 4.39 Å². The molecule has 2 atom stereocenters. The van der Waals surface area contributed by atoms with Gasteiger partial charge in [-0.2, -0.15) is 0 Å². The van der Waals surface area contributed by atoms with Crippen LogP contribution < -0.4 is 10.1 Å². The largest absolute Gasteiger partial charge is 0.497 e.